The minimum atomic E-state index is -0.152. The molecule has 1 aromatic rings. The number of likely N-dealkylation sites (N-methyl/N-ethyl adjacent to an activating group) is 1. The molecule has 0 radical (unpaired) electrons. The van der Waals surface area contributed by atoms with Crippen molar-refractivity contribution in [2.45, 2.75) is 32.0 Å². The van der Waals surface area contributed by atoms with Crippen molar-refractivity contribution >= 4 is 17.6 Å². The minimum absolute atomic E-state index is 0.0150. The summed E-state index contributed by atoms with van der Waals surface area (Å²) in [7, 11) is 1.92. The predicted octanol–water partition coefficient (Wildman–Crippen LogP) is 2.48. The molecule has 1 fully saturated rings. The second kappa shape index (κ2) is 5.07. The van der Waals surface area contributed by atoms with Gasteiger partial charge in [-0.3, -0.25) is 9.69 Å². The van der Waals surface area contributed by atoms with E-state index in [2.05, 4.69) is 0 Å². The summed E-state index contributed by atoms with van der Waals surface area (Å²) < 4.78 is 5.15. The van der Waals surface area contributed by atoms with Gasteiger partial charge < -0.3 is 4.74 Å². The van der Waals surface area contributed by atoms with E-state index in [0.717, 1.165) is 17.0 Å². The van der Waals surface area contributed by atoms with E-state index in [0.29, 0.717) is 6.54 Å². The van der Waals surface area contributed by atoms with Crippen molar-refractivity contribution in [3.8, 4) is 0 Å². The molecule has 0 N–H and O–H groups in total. The first-order valence-electron chi connectivity index (χ1n) is 5.72. The number of nitrogens with zero attached hydrogens (tertiary/aromatic N) is 1. The highest BCUT2D eigenvalue weighted by Gasteiger charge is 2.34. The summed E-state index contributed by atoms with van der Waals surface area (Å²) in [5, 5.41) is 0.735. The Labute approximate surface area is 106 Å². The van der Waals surface area contributed by atoms with E-state index in [1.54, 1.807) is 0 Å². The molecule has 1 saturated heterocycles. The molecule has 1 aliphatic rings. The Morgan fingerprint density at radius 3 is 2.76 bits per heavy atom. The van der Waals surface area contributed by atoms with E-state index in [4.69, 9.17) is 16.3 Å². The molecule has 1 aromatic carbocycles. The smallest absolute Gasteiger partial charge is 0.323 e. The fourth-order valence-electron chi connectivity index (χ4n) is 2.10. The van der Waals surface area contributed by atoms with Gasteiger partial charge in [-0.1, -0.05) is 29.8 Å². The number of rotatable bonds is 3. The van der Waals surface area contributed by atoms with Gasteiger partial charge in [0.25, 0.3) is 0 Å². The third kappa shape index (κ3) is 2.79. The van der Waals surface area contributed by atoms with E-state index in [1.807, 2.05) is 43.1 Å². The monoisotopic (exact) mass is 253 g/mol. The van der Waals surface area contributed by atoms with E-state index >= 15 is 0 Å². The topological polar surface area (TPSA) is 29.5 Å². The molecule has 1 heterocycles. The quantitative estimate of drug-likeness (QED) is 0.775. The fourth-order valence-corrected chi connectivity index (χ4v) is 2.30. The second-order valence-electron chi connectivity index (χ2n) is 4.51. The average molecular weight is 254 g/mol. The van der Waals surface area contributed by atoms with Crippen LogP contribution in [0.25, 0.3) is 0 Å². The van der Waals surface area contributed by atoms with Crippen molar-refractivity contribution in [1.82, 2.24) is 4.90 Å². The third-order valence-electron chi connectivity index (χ3n) is 3.05. The minimum Gasteiger partial charge on any atom is -0.461 e. The molecule has 2 unspecified atom stereocenters. The van der Waals surface area contributed by atoms with Gasteiger partial charge >= 0.3 is 5.97 Å². The van der Waals surface area contributed by atoms with Crippen molar-refractivity contribution in [1.29, 1.82) is 0 Å². The Morgan fingerprint density at radius 1 is 1.47 bits per heavy atom. The Morgan fingerprint density at radius 2 is 2.18 bits per heavy atom. The molecule has 17 heavy (non-hydrogen) atoms. The molecule has 1 aliphatic heterocycles. The van der Waals surface area contributed by atoms with Crippen LogP contribution in [0.1, 0.15) is 18.9 Å². The van der Waals surface area contributed by atoms with E-state index < -0.39 is 0 Å². The second-order valence-corrected chi connectivity index (χ2v) is 4.91. The van der Waals surface area contributed by atoms with Crippen LogP contribution in [0.2, 0.25) is 5.02 Å². The molecule has 0 saturated carbocycles. The lowest BCUT2D eigenvalue weighted by Crippen LogP contribution is -2.34. The number of ether oxygens (including phenoxy) is 1. The van der Waals surface area contributed by atoms with Crippen molar-refractivity contribution in [2.75, 3.05) is 7.05 Å². The van der Waals surface area contributed by atoms with Gasteiger partial charge in [0.2, 0.25) is 0 Å². The number of hydrogen-bond donors (Lipinski definition) is 0. The molecule has 92 valence electrons. The first-order chi connectivity index (χ1) is 8.08. The summed E-state index contributed by atoms with van der Waals surface area (Å²) in [5.41, 5.74) is 1.03. The van der Waals surface area contributed by atoms with Gasteiger partial charge in [-0.05, 0) is 25.6 Å². The molecule has 2 rings (SSSR count). The van der Waals surface area contributed by atoms with Crippen LogP contribution in [0.3, 0.4) is 0 Å². The Kier molecular flexibility index (Phi) is 3.69. The lowest BCUT2D eigenvalue weighted by Gasteiger charge is -2.21. The zero-order chi connectivity index (χ0) is 12.4. The Balaban J connectivity index is 2.05. The van der Waals surface area contributed by atoms with E-state index in [9.17, 15) is 4.79 Å². The molecular weight excluding hydrogens is 238 g/mol. The standard InChI is InChI=1S/C13H16ClNO2/c1-9-7-12(13(16)17-9)15(2)8-10-5-3-4-6-11(10)14/h3-6,9,12H,7-8H2,1-2H3. The summed E-state index contributed by atoms with van der Waals surface area (Å²) in [6, 6.07) is 7.53. The number of hydrogen-bond acceptors (Lipinski definition) is 3. The van der Waals surface area contributed by atoms with Crippen LogP contribution in [0.15, 0.2) is 24.3 Å². The first kappa shape index (κ1) is 12.4. The highest BCUT2D eigenvalue weighted by molar-refractivity contribution is 6.31. The van der Waals surface area contributed by atoms with E-state index in [-0.39, 0.29) is 18.1 Å². The van der Waals surface area contributed by atoms with Crippen LogP contribution < -0.4 is 0 Å². The summed E-state index contributed by atoms with van der Waals surface area (Å²) >= 11 is 6.10. The summed E-state index contributed by atoms with van der Waals surface area (Å²) in [5.74, 6) is -0.132. The van der Waals surface area contributed by atoms with Crippen molar-refractivity contribution in [3.05, 3.63) is 34.9 Å². The van der Waals surface area contributed by atoms with Crippen LogP contribution in [-0.2, 0) is 16.1 Å². The zero-order valence-electron chi connectivity index (χ0n) is 10.0. The van der Waals surface area contributed by atoms with Crippen LogP contribution in [0.5, 0.6) is 0 Å². The van der Waals surface area contributed by atoms with Crippen LogP contribution in [0.4, 0.5) is 0 Å². The van der Waals surface area contributed by atoms with Crippen molar-refractivity contribution in [3.63, 3.8) is 0 Å². The number of carbonyl (C=O) groups is 1. The van der Waals surface area contributed by atoms with Gasteiger partial charge in [-0.15, -0.1) is 0 Å². The zero-order valence-corrected chi connectivity index (χ0v) is 10.8. The van der Waals surface area contributed by atoms with E-state index in [1.165, 1.54) is 0 Å². The largest absolute Gasteiger partial charge is 0.461 e. The number of cyclic esters (lactones) is 1. The van der Waals surface area contributed by atoms with Crippen LogP contribution in [-0.4, -0.2) is 30.1 Å². The van der Waals surface area contributed by atoms with Crippen LogP contribution in [0, 0.1) is 0 Å². The van der Waals surface area contributed by atoms with Gasteiger partial charge in [-0.2, -0.15) is 0 Å². The number of esters is 1. The highest BCUT2D eigenvalue weighted by atomic mass is 35.5. The van der Waals surface area contributed by atoms with Gasteiger partial charge in [-0.25, -0.2) is 0 Å². The molecular formula is C13H16ClNO2. The molecule has 0 aromatic heterocycles. The fraction of sp³-hybridized carbons (Fsp3) is 0.462. The Hall–Kier alpha value is -1.06. The first-order valence-corrected chi connectivity index (χ1v) is 6.10. The lowest BCUT2D eigenvalue weighted by molar-refractivity contribution is -0.144. The predicted molar refractivity (Wildman–Crippen MR) is 66.9 cm³/mol. The Bertz CT molecular complexity index is 422. The average Bonchev–Trinajstić information content (AvgIpc) is 2.61. The molecule has 0 amide bonds. The maximum absolute atomic E-state index is 11.6. The SMILES string of the molecule is CC1CC(N(C)Cc2ccccc2Cl)C(=O)O1. The normalized spacial score (nSPS) is 24.1. The number of carbonyl (C=O) groups excluding carboxylic acids is 1. The molecule has 3 nitrogen and oxygen atoms in total. The van der Waals surface area contributed by atoms with Gasteiger partial charge in [0.1, 0.15) is 12.1 Å². The lowest BCUT2D eigenvalue weighted by atomic mass is 10.1. The molecule has 4 heteroatoms. The van der Waals surface area contributed by atoms with Crippen molar-refractivity contribution in [2.24, 2.45) is 0 Å². The summed E-state index contributed by atoms with van der Waals surface area (Å²) in [6.07, 6.45) is 0.765. The molecule has 0 aliphatic carbocycles. The highest BCUT2D eigenvalue weighted by Crippen LogP contribution is 2.22. The maximum atomic E-state index is 11.6. The third-order valence-corrected chi connectivity index (χ3v) is 3.42. The van der Waals surface area contributed by atoms with Gasteiger partial charge in [0, 0.05) is 18.0 Å². The van der Waals surface area contributed by atoms with Crippen LogP contribution >= 0.6 is 11.6 Å². The molecule has 0 spiro atoms. The number of benzene rings is 1. The molecule has 2 atom stereocenters. The molecule has 0 bridgehead atoms. The summed E-state index contributed by atoms with van der Waals surface area (Å²) in [4.78, 5) is 13.6. The number of halogens is 1. The van der Waals surface area contributed by atoms with Gasteiger partial charge in [0.15, 0.2) is 0 Å². The van der Waals surface area contributed by atoms with Crippen molar-refractivity contribution < 1.29 is 9.53 Å². The maximum Gasteiger partial charge on any atom is 0.323 e. The summed E-state index contributed by atoms with van der Waals surface area (Å²) in [6.45, 7) is 2.58. The van der Waals surface area contributed by atoms with Gasteiger partial charge in [0.05, 0.1) is 0 Å².